The van der Waals surface area contributed by atoms with Gasteiger partial charge in [-0.1, -0.05) is 0 Å². The van der Waals surface area contributed by atoms with E-state index in [0.29, 0.717) is 5.82 Å². The van der Waals surface area contributed by atoms with E-state index >= 15 is 0 Å². The first kappa shape index (κ1) is 10.4. The first-order valence-electron chi connectivity index (χ1n) is 4.29. The molecule has 1 fully saturated rings. The molecule has 0 aromatic carbocycles. The van der Waals surface area contributed by atoms with E-state index in [0.717, 1.165) is 20.9 Å². The monoisotopic (exact) mass is 366 g/mol. The molecular formula is C9H8BrIN2O. The van der Waals surface area contributed by atoms with E-state index in [2.05, 4.69) is 48.8 Å². The third-order valence-corrected chi connectivity index (χ3v) is 3.19. The van der Waals surface area contributed by atoms with Gasteiger partial charge in [0.05, 0.1) is 4.47 Å². The molecule has 1 aromatic rings. The van der Waals surface area contributed by atoms with Gasteiger partial charge in [-0.2, -0.15) is 0 Å². The van der Waals surface area contributed by atoms with Crippen LogP contribution in [-0.2, 0) is 4.79 Å². The number of nitrogens with one attached hydrogen (secondary N) is 1. The fourth-order valence-corrected chi connectivity index (χ4v) is 2.40. The van der Waals surface area contributed by atoms with Crippen molar-refractivity contribution in [1.29, 1.82) is 0 Å². The average Bonchev–Trinajstić information content (AvgIpc) is 2.92. The molecule has 14 heavy (non-hydrogen) atoms. The summed E-state index contributed by atoms with van der Waals surface area (Å²) in [6.45, 7) is 0. The first-order chi connectivity index (χ1) is 6.66. The maximum absolute atomic E-state index is 11.4. The zero-order chi connectivity index (χ0) is 10.1. The van der Waals surface area contributed by atoms with Crippen LogP contribution >= 0.6 is 38.5 Å². The highest BCUT2D eigenvalue weighted by Crippen LogP contribution is 2.31. The lowest BCUT2D eigenvalue weighted by Gasteiger charge is -2.05. The summed E-state index contributed by atoms with van der Waals surface area (Å²) in [5.41, 5.74) is 0. The topological polar surface area (TPSA) is 42.0 Å². The summed E-state index contributed by atoms with van der Waals surface area (Å²) in [5, 5.41) is 2.80. The second kappa shape index (κ2) is 4.14. The van der Waals surface area contributed by atoms with Crippen molar-refractivity contribution in [2.45, 2.75) is 12.8 Å². The maximum atomic E-state index is 11.4. The van der Waals surface area contributed by atoms with Gasteiger partial charge >= 0.3 is 0 Å². The van der Waals surface area contributed by atoms with Crippen molar-refractivity contribution < 1.29 is 4.79 Å². The molecule has 0 unspecified atom stereocenters. The third-order valence-electron chi connectivity index (χ3n) is 2.00. The molecule has 1 N–H and O–H groups in total. The molecule has 1 amide bonds. The second-order valence-corrected chi connectivity index (χ2v) is 5.35. The van der Waals surface area contributed by atoms with Gasteiger partial charge in [-0.25, -0.2) is 4.98 Å². The van der Waals surface area contributed by atoms with Gasteiger partial charge in [-0.05, 0) is 57.4 Å². The number of hydrogen-bond donors (Lipinski definition) is 1. The summed E-state index contributed by atoms with van der Waals surface area (Å²) in [6.07, 6.45) is 3.75. The van der Waals surface area contributed by atoms with E-state index in [1.54, 1.807) is 6.20 Å². The zero-order valence-corrected chi connectivity index (χ0v) is 11.0. The summed E-state index contributed by atoms with van der Waals surface area (Å²) >= 11 is 5.54. The van der Waals surface area contributed by atoms with Crippen molar-refractivity contribution in [2.24, 2.45) is 5.92 Å². The van der Waals surface area contributed by atoms with E-state index in [-0.39, 0.29) is 11.8 Å². The van der Waals surface area contributed by atoms with E-state index in [1.165, 1.54) is 0 Å². The van der Waals surface area contributed by atoms with Crippen LogP contribution in [0.25, 0.3) is 0 Å². The number of aromatic nitrogens is 1. The van der Waals surface area contributed by atoms with Gasteiger partial charge in [0.15, 0.2) is 0 Å². The van der Waals surface area contributed by atoms with Gasteiger partial charge in [0.25, 0.3) is 0 Å². The van der Waals surface area contributed by atoms with Gasteiger partial charge in [0.1, 0.15) is 5.82 Å². The van der Waals surface area contributed by atoms with E-state index in [1.807, 2.05) is 6.07 Å². The van der Waals surface area contributed by atoms with Gasteiger partial charge in [-0.15, -0.1) is 0 Å². The quantitative estimate of drug-likeness (QED) is 0.818. The molecule has 0 bridgehead atoms. The van der Waals surface area contributed by atoms with Crippen molar-refractivity contribution in [3.63, 3.8) is 0 Å². The van der Waals surface area contributed by atoms with Crippen LogP contribution in [0.2, 0.25) is 0 Å². The fraction of sp³-hybridized carbons (Fsp3) is 0.333. The Labute approximate surface area is 104 Å². The molecule has 5 heteroatoms. The maximum Gasteiger partial charge on any atom is 0.228 e. The van der Waals surface area contributed by atoms with E-state index in [9.17, 15) is 4.79 Å². The Bertz CT molecular complexity index is 379. The highest BCUT2D eigenvalue weighted by molar-refractivity contribution is 14.1. The molecule has 1 saturated carbocycles. The molecule has 0 saturated heterocycles. The lowest BCUT2D eigenvalue weighted by molar-refractivity contribution is -0.117. The molecule has 1 aliphatic carbocycles. The normalized spacial score (nSPS) is 15.3. The number of nitrogens with zero attached hydrogens (tertiary/aromatic N) is 1. The molecule has 0 radical (unpaired) electrons. The SMILES string of the molecule is O=C(Nc1ncc(I)cc1Br)C1CC1. The Morgan fingerprint density at radius 1 is 1.64 bits per heavy atom. The van der Waals surface area contributed by atoms with Crippen molar-refractivity contribution in [3.05, 3.63) is 20.3 Å². The number of anilines is 1. The van der Waals surface area contributed by atoms with Crippen LogP contribution in [0.15, 0.2) is 16.7 Å². The molecule has 3 nitrogen and oxygen atoms in total. The van der Waals surface area contributed by atoms with Crippen molar-refractivity contribution in [1.82, 2.24) is 4.98 Å². The van der Waals surface area contributed by atoms with Crippen LogP contribution < -0.4 is 5.32 Å². The summed E-state index contributed by atoms with van der Waals surface area (Å²) < 4.78 is 1.87. The molecule has 2 rings (SSSR count). The predicted molar refractivity (Wildman–Crippen MR) is 66.0 cm³/mol. The standard InChI is InChI=1S/C9H8BrIN2O/c10-7-3-6(11)4-12-8(7)13-9(14)5-1-2-5/h3-5H,1-2H2,(H,12,13,14). The van der Waals surface area contributed by atoms with Crippen molar-refractivity contribution in [3.8, 4) is 0 Å². The molecule has 1 heterocycles. The van der Waals surface area contributed by atoms with Crippen LogP contribution in [0.5, 0.6) is 0 Å². The number of amides is 1. The van der Waals surface area contributed by atoms with Crippen LogP contribution in [0.3, 0.4) is 0 Å². The van der Waals surface area contributed by atoms with Gasteiger partial charge < -0.3 is 5.32 Å². The Balaban J connectivity index is 2.11. The predicted octanol–water partition coefficient (Wildman–Crippen LogP) is 2.80. The smallest absolute Gasteiger partial charge is 0.228 e. The minimum absolute atomic E-state index is 0.0828. The summed E-state index contributed by atoms with van der Waals surface area (Å²) in [7, 11) is 0. The molecule has 0 spiro atoms. The van der Waals surface area contributed by atoms with Gasteiger partial charge in [-0.3, -0.25) is 4.79 Å². The van der Waals surface area contributed by atoms with Gasteiger partial charge in [0, 0.05) is 15.7 Å². The largest absolute Gasteiger partial charge is 0.310 e. The molecule has 74 valence electrons. The molecule has 1 aromatic heterocycles. The van der Waals surface area contributed by atoms with Crippen molar-refractivity contribution >= 4 is 50.2 Å². The number of halogens is 2. The zero-order valence-electron chi connectivity index (χ0n) is 7.26. The number of rotatable bonds is 2. The van der Waals surface area contributed by atoms with Crippen LogP contribution in [0, 0.1) is 9.49 Å². The second-order valence-electron chi connectivity index (χ2n) is 3.25. The van der Waals surface area contributed by atoms with E-state index < -0.39 is 0 Å². The van der Waals surface area contributed by atoms with Gasteiger partial charge in [0.2, 0.25) is 5.91 Å². The Kier molecular flexibility index (Phi) is 3.06. The minimum atomic E-state index is 0.0828. The molecule has 1 aliphatic rings. The lowest BCUT2D eigenvalue weighted by atomic mass is 10.4. The number of hydrogen-bond acceptors (Lipinski definition) is 2. The van der Waals surface area contributed by atoms with Crippen molar-refractivity contribution in [2.75, 3.05) is 5.32 Å². The molecular weight excluding hydrogens is 359 g/mol. The average molecular weight is 367 g/mol. The highest BCUT2D eigenvalue weighted by atomic mass is 127. The summed E-state index contributed by atoms with van der Waals surface area (Å²) in [5.74, 6) is 0.907. The fourth-order valence-electron chi connectivity index (χ4n) is 1.07. The number of carbonyl (C=O) groups excluding carboxylic acids is 1. The summed E-state index contributed by atoms with van der Waals surface area (Å²) in [4.78, 5) is 15.6. The van der Waals surface area contributed by atoms with Crippen LogP contribution in [-0.4, -0.2) is 10.9 Å². The first-order valence-corrected chi connectivity index (χ1v) is 6.16. The lowest BCUT2D eigenvalue weighted by Crippen LogP contribution is -2.14. The Hall–Kier alpha value is -0.170. The van der Waals surface area contributed by atoms with Crippen LogP contribution in [0.1, 0.15) is 12.8 Å². The van der Waals surface area contributed by atoms with E-state index in [4.69, 9.17) is 0 Å². The Morgan fingerprint density at radius 3 is 2.93 bits per heavy atom. The number of carbonyl (C=O) groups is 1. The molecule has 0 aliphatic heterocycles. The highest BCUT2D eigenvalue weighted by Gasteiger charge is 2.30. The number of pyridine rings is 1. The third kappa shape index (κ3) is 2.44. The summed E-state index contributed by atoms with van der Waals surface area (Å²) in [6, 6.07) is 1.93. The minimum Gasteiger partial charge on any atom is -0.310 e. The molecule has 0 atom stereocenters. The Morgan fingerprint density at radius 2 is 2.36 bits per heavy atom. The van der Waals surface area contributed by atoms with Crippen LogP contribution in [0.4, 0.5) is 5.82 Å².